The molecular weight excluding hydrogens is 855 g/mol. The van der Waals surface area contributed by atoms with Gasteiger partial charge in [0.25, 0.3) is 11.8 Å². The zero-order valence-corrected chi connectivity index (χ0v) is 35.9. The lowest BCUT2D eigenvalue weighted by Crippen LogP contribution is -2.34. The summed E-state index contributed by atoms with van der Waals surface area (Å²) in [5.41, 5.74) is 7.88. The number of rotatable bonds is 19. The summed E-state index contributed by atoms with van der Waals surface area (Å²) < 4.78 is 113. The number of alkyl halides is 4. The highest BCUT2D eigenvalue weighted by molar-refractivity contribution is 7.93. The van der Waals surface area contributed by atoms with E-state index in [0.29, 0.717) is 41.4 Å². The zero-order valence-electron chi connectivity index (χ0n) is 34.3. The lowest BCUT2D eigenvalue weighted by atomic mass is 10.2. The largest absolute Gasteiger partial charge is 0.465 e. The molecule has 336 valence electrons. The first-order valence-electron chi connectivity index (χ1n) is 19.9. The molecule has 0 atom stereocenters. The number of ether oxygens (including phenoxy) is 1. The van der Waals surface area contributed by atoms with Gasteiger partial charge in [-0.15, -0.1) is 0 Å². The molecule has 2 fully saturated rings. The first-order chi connectivity index (χ1) is 29.4. The van der Waals surface area contributed by atoms with Crippen molar-refractivity contribution in [3.8, 4) is 0 Å². The predicted molar refractivity (Wildman–Crippen MR) is 227 cm³/mol. The van der Waals surface area contributed by atoms with Gasteiger partial charge in [0, 0.05) is 43.9 Å². The molecule has 0 aliphatic carbocycles. The highest BCUT2D eigenvalue weighted by Gasteiger charge is 2.39. The Kier molecular flexibility index (Phi) is 16.6. The van der Waals surface area contributed by atoms with Crippen molar-refractivity contribution < 1.29 is 48.7 Å². The van der Waals surface area contributed by atoms with E-state index in [1.54, 1.807) is 88.7 Å². The van der Waals surface area contributed by atoms with Crippen molar-refractivity contribution in [2.75, 3.05) is 73.0 Å². The molecule has 14 nitrogen and oxygen atoms in total. The minimum atomic E-state index is -3.74. The molecule has 0 unspecified atom stereocenters. The van der Waals surface area contributed by atoms with Crippen molar-refractivity contribution in [1.82, 2.24) is 19.8 Å². The third-order valence-electron chi connectivity index (χ3n) is 10.2. The predicted octanol–water partition coefficient (Wildman–Crippen LogP) is 5.23. The monoisotopic (exact) mass is 905 g/mol. The van der Waals surface area contributed by atoms with Crippen molar-refractivity contribution in [3.63, 3.8) is 0 Å². The summed E-state index contributed by atoms with van der Waals surface area (Å²) in [6.07, 6.45) is 2.83. The van der Waals surface area contributed by atoms with Gasteiger partial charge in [-0.1, -0.05) is 36.4 Å². The molecule has 6 rings (SSSR count). The number of hydrogen-bond acceptors (Lipinski definition) is 12. The van der Waals surface area contributed by atoms with E-state index >= 15 is 0 Å². The molecule has 2 saturated heterocycles. The Balaban J connectivity index is 0.000000234. The second-order valence-electron chi connectivity index (χ2n) is 15.0. The van der Waals surface area contributed by atoms with Crippen molar-refractivity contribution in [2.45, 2.75) is 50.6 Å². The van der Waals surface area contributed by atoms with Crippen molar-refractivity contribution in [2.24, 2.45) is 5.73 Å². The van der Waals surface area contributed by atoms with Crippen LogP contribution in [0.4, 0.5) is 28.9 Å². The first-order valence-corrected chi connectivity index (χ1v) is 23.1. The molecule has 20 heteroatoms. The van der Waals surface area contributed by atoms with Crippen LogP contribution in [0.1, 0.15) is 57.8 Å². The van der Waals surface area contributed by atoms with Gasteiger partial charge in [-0.2, -0.15) is 0 Å². The number of para-hydroxylation sites is 2. The van der Waals surface area contributed by atoms with Gasteiger partial charge in [-0.3, -0.25) is 33.2 Å². The van der Waals surface area contributed by atoms with E-state index in [1.807, 2.05) is 0 Å². The topological polar surface area (TPSA) is 176 Å². The van der Waals surface area contributed by atoms with Crippen LogP contribution >= 0.6 is 0 Å². The van der Waals surface area contributed by atoms with Gasteiger partial charge in [-0.05, 0) is 74.5 Å². The summed E-state index contributed by atoms with van der Waals surface area (Å²) in [4.78, 5) is 34.8. The number of benzene rings is 2. The Labute approximate surface area is 359 Å². The standard InChI is InChI=1S/C21H26F2N4O3S.C21H25F2N3O4S/c22-21(23)9-11-26(16-21)10-4-12-31(29,30)27(19-5-2-1-3-6-19)15-18-8-7-17(14-25-18)20(28)13-24;1-30-20(27)17-8-9-18(24-14-17)15-26(19-6-3-2-4-7-19)31(28,29)13-5-11-25-12-10-21(22,23)16-25/h1-3,5-8,14H,4,9-13,15-16,24H2;2-4,6-9,14H,5,10-13,15-16H2,1H3. The number of pyridine rings is 2. The molecule has 2 aromatic heterocycles. The van der Waals surface area contributed by atoms with E-state index in [1.165, 1.54) is 34.2 Å². The number of Topliss-reactive ketones (excluding diaryl/α,β-unsaturated/α-hetero) is 1. The summed E-state index contributed by atoms with van der Waals surface area (Å²) in [6, 6.07) is 23.5. The number of anilines is 2. The third kappa shape index (κ3) is 14.0. The van der Waals surface area contributed by atoms with Crippen molar-refractivity contribution in [3.05, 3.63) is 120 Å². The lowest BCUT2D eigenvalue weighted by Gasteiger charge is -2.25. The second kappa shape index (κ2) is 21.4. The van der Waals surface area contributed by atoms with Crippen molar-refractivity contribution >= 4 is 43.2 Å². The maximum absolute atomic E-state index is 13.3. The van der Waals surface area contributed by atoms with E-state index in [9.17, 15) is 44.0 Å². The minimum Gasteiger partial charge on any atom is -0.465 e. The second-order valence-corrected chi connectivity index (χ2v) is 19.0. The Morgan fingerprint density at radius 2 is 1.10 bits per heavy atom. The summed E-state index contributed by atoms with van der Waals surface area (Å²) in [6.45, 7) is 0.322. The number of carbonyl (C=O) groups is 2. The van der Waals surface area contributed by atoms with Gasteiger partial charge < -0.3 is 10.5 Å². The van der Waals surface area contributed by atoms with Gasteiger partial charge in [0.05, 0.1) is 79.7 Å². The van der Waals surface area contributed by atoms with Gasteiger partial charge in [0.1, 0.15) is 0 Å². The highest BCUT2D eigenvalue weighted by atomic mass is 32.2. The van der Waals surface area contributed by atoms with E-state index < -0.39 is 37.9 Å². The average Bonchev–Trinajstić information content (AvgIpc) is 3.80. The Hall–Kier alpha value is -5.02. The summed E-state index contributed by atoms with van der Waals surface area (Å²) >= 11 is 0. The van der Waals surface area contributed by atoms with E-state index in [4.69, 9.17) is 5.73 Å². The quantitative estimate of drug-likeness (QED) is 0.0739. The molecule has 62 heavy (non-hydrogen) atoms. The maximum atomic E-state index is 13.3. The van der Waals surface area contributed by atoms with Gasteiger partial charge in [-0.25, -0.2) is 39.2 Å². The number of ketones is 1. The first kappa shape index (κ1) is 48.0. The molecular formula is C42H51F4N7O7S2. The van der Waals surface area contributed by atoms with Crippen molar-refractivity contribution in [1.29, 1.82) is 0 Å². The Morgan fingerprint density at radius 3 is 1.44 bits per heavy atom. The summed E-state index contributed by atoms with van der Waals surface area (Å²) in [5.74, 6) is -6.52. The normalized spacial score (nSPS) is 16.3. The highest BCUT2D eigenvalue weighted by Crippen LogP contribution is 2.29. The Bertz CT molecular complexity index is 2130. The number of carbonyl (C=O) groups excluding carboxylic acids is 2. The lowest BCUT2D eigenvalue weighted by molar-refractivity contribution is 0.0116. The molecule has 0 amide bonds. The number of aromatic nitrogens is 2. The molecule has 2 aliphatic heterocycles. The summed E-state index contributed by atoms with van der Waals surface area (Å²) in [7, 11) is -6.20. The maximum Gasteiger partial charge on any atom is 0.339 e. The molecule has 2 aromatic carbocycles. The SMILES string of the molecule is COC(=O)c1ccc(CN(c2ccccc2)S(=O)(=O)CCCN2CCC(F)(F)C2)nc1.NCC(=O)c1ccc(CN(c2ccccc2)S(=O)(=O)CCCN2CCC(F)(F)C2)nc1. The molecule has 4 heterocycles. The van der Waals surface area contributed by atoms with Crippen LogP contribution in [0.25, 0.3) is 0 Å². The number of esters is 1. The number of nitrogens with two attached hydrogens (primary N) is 1. The van der Waals surface area contributed by atoms with Crippen LogP contribution in [0.15, 0.2) is 97.3 Å². The fourth-order valence-electron chi connectivity index (χ4n) is 6.90. The number of sulfonamides is 2. The van der Waals surface area contributed by atoms with Crippen LogP contribution in [0.2, 0.25) is 0 Å². The fraction of sp³-hybridized carbons (Fsp3) is 0.429. The van der Waals surface area contributed by atoms with Crippen LogP contribution in [-0.2, 0) is 37.9 Å². The molecule has 2 aliphatic rings. The van der Waals surface area contributed by atoms with Crippen LogP contribution in [-0.4, -0.2) is 125 Å². The molecule has 0 saturated carbocycles. The number of nitrogens with zero attached hydrogens (tertiary/aromatic N) is 6. The number of halogens is 4. The summed E-state index contributed by atoms with van der Waals surface area (Å²) in [5, 5.41) is 0. The fourth-order valence-corrected chi connectivity index (χ4v) is 9.87. The molecule has 2 N–H and O–H groups in total. The van der Waals surface area contributed by atoms with E-state index in [-0.39, 0.29) is 94.3 Å². The smallest absolute Gasteiger partial charge is 0.339 e. The van der Waals surface area contributed by atoms with Crippen LogP contribution in [0.3, 0.4) is 0 Å². The van der Waals surface area contributed by atoms with Gasteiger partial charge in [0.15, 0.2) is 5.78 Å². The number of likely N-dealkylation sites (tertiary alicyclic amines) is 2. The van der Waals surface area contributed by atoms with Crippen LogP contribution in [0.5, 0.6) is 0 Å². The molecule has 0 radical (unpaired) electrons. The average molecular weight is 906 g/mol. The molecule has 0 spiro atoms. The van der Waals surface area contributed by atoms with Crippen LogP contribution in [0, 0.1) is 0 Å². The van der Waals surface area contributed by atoms with Gasteiger partial charge in [0.2, 0.25) is 20.0 Å². The Morgan fingerprint density at radius 1 is 0.677 bits per heavy atom. The van der Waals surface area contributed by atoms with E-state index in [0.717, 1.165) is 0 Å². The molecule has 0 bridgehead atoms. The zero-order chi connectivity index (χ0) is 45.0. The minimum absolute atomic E-state index is 0.00870. The van der Waals surface area contributed by atoms with Crippen LogP contribution < -0.4 is 14.3 Å². The number of hydrogen-bond donors (Lipinski definition) is 1. The number of methoxy groups -OCH3 is 1. The van der Waals surface area contributed by atoms with Gasteiger partial charge >= 0.3 is 5.97 Å². The van der Waals surface area contributed by atoms with E-state index in [2.05, 4.69) is 14.7 Å². The third-order valence-corrected chi connectivity index (χ3v) is 13.8. The molecule has 4 aromatic rings.